The van der Waals surface area contributed by atoms with Crippen LogP contribution in [0.15, 0.2) is 218 Å². The average Bonchev–Trinajstić information content (AvgIpc) is 1.75. The van der Waals surface area contributed by atoms with Gasteiger partial charge in [0.1, 0.15) is 103 Å². The van der Waals surface area contributed by atoms with Crippen LogP contribution in [0, 0.1) is 56.4 Å². The van der Waals surface area contributed by atoms with Gasteiger partial charge in [0.15, 0.2) is 0 Å². The molecule has 3 aliphatic carbocycles. The number of carbonyl (C=O) groups excluding carboxylic acids is 2. The minimum Gasteiger partial charge on any atom is -0.872 e. The summed E-state index contributed by atoms with van der Waals surface area (Å²) in [4.78, 5) is 23.8. The number of aromatic hydroxyl groups is 4. The zero-order valence-electron chi connectivity index (χ0n) is 88.8. The molecule has 0 bridgehead atoms. The molecule has 7 unspecified atom stereocenters. The van der Waals surface area contributed by atoms with Crippen LogP contribution in [0.1, 0.15) is 326 Å². The smallest absolute Gasteiger partial charge is 0.872 e. The first-order chi connectivity index (χ1) is 71.1. The summed E-state index contributed by atoms with van der Waals surface area (Å²) >= 11 is 1.98. The minimum absolute atomic E-state index is 0. The number of unbranched alkanes of at least 4 members (excludes halogenated alkanes) is 7. The predicted molar refractivity (Wildman–Crippen MR) is 579 cm³/mol. The van der Waals surface area contributed by atoms with E-state index in [4.69, 9.17) is 42.6 Å². The summed E-state index contributed by atoms with van der Waals surface area (Å²) in [5.41, 5.74) is 18.4. The number of aryl methyl sites for hydroxylation is 3. The Bertz CT molecular complexity index is 6440. The molecule has 23 rings (SSSR count). The van der Waals surface area contributed by atoms with Crippen molar-refractivity contribution in [3.05, 3.63) is 308 Å². The number of amides is 2. The van der Waals surface area contributed by atoms with Gasteiger partial charge >= 0.3 is 59.1 Å². The van der Waals surface area contributed by atoms with Crippen LogP contribution in [0.2, 0.25) is 0 Å². The van der Waals surface area contributed by atoms with E-state index < -0.39 is 0 Å². The van der Waals surface area contributed by atoms with Gasteiger partial charge < -0.3 is 84.3 Å². The topological polar surface area (TPSA) is 275 Å². The van der Waals surface area contributed by atoms with Gasteiger partial charge in [-0.25, -0.2) is 0 Å². The van der Waals surface area contributed by atoms with Gasteiger partial charge in [-0.05, 0) is 222 Å². The van der Waals surface area contributed by atoms with Crippen LogP contribution in [0.4, 0.5) is 0 Å². The number of phenols is 4. The molecule has 3 saturated carbocycles. The Morgan fingerprint density at radius 3 is 1.23 bits per heavy atom. The van der Waals surface area contributed by atoms with Gasteiger partial charge in [-0.3, -0.25) is 9.59 Å². The molecule has 0 aromatic heterocycles. The summed E-state index contributed by atoms with van der Waals surface area (Å²) in [5, 5.41) is 57.6. The van der Waals surface area contributed by atoms with Crippen LogP contribution >= 0.6 is 11.8 Å². The molecule has 12 aromatic carbocycles. The number of methoxy groups -OCH3 is 3. The number of rotatable bonds is 24. The first kappa shape index (κ1) is 112. The number of thioether (sulfide) groups is 1. The fourth-order valence-electron chi connectivity index (χ4n) is 24.4. The third-order valence-corrected chi connectivity index (χ3v) is 33.3. The molecule has 149 heavy (non-hydrogen) atoms. The summed E-state index contributed by atoms with van der Waals surface area (Å²) in [5.74, 6) is 20.0. The Morgan fingerprint density at radius 1 is 0.409 bits per heavy atom. The molecule has 0 spiro atoms. The molecule has 19 nitrogen and oxygen atoms in total. The van der Waals surface area contributed by atoms with Gasteiger partial charge in [0.05, 0.1) is 21.3 Å². The molecule has 12 aromatic rings. The van der Waals surface area contributed by atoms with Crippen LogP contribution in [0.3, 0.4) is 0 Å². The Balaban J connectivity index is 0.000000135. The summed E-state index contributed by atoms with van der Waals surface area (Å²) in [6.07, 6.45) is 33.9. The van der Waals surface area contributed by atoms with Crippen molar-refractivity contribution in [2.45, 2.75) is 275 Å². The molecular formula is C127H145N2Na2O17S-. The number of benzene rings is 12. The molecule has 11 aliphatic rings. The van der Waals surface area contributed by atoms with E-state index in [2.05, 4.69) is 143 Å². The molecule has 8 heterocycles. The van der Waals surface area contributed by atoms with Crippen LogP contribution in [0.5, 0.6) is 115 Å². The molecule has 7 N–H and O–H groups in total. The third kappa shape index (κ3) is 27.1. The van der Waals surface area contributed by atoms with Gasteiger partial charge in [-0.2, -0.15) is 30.0 Å². The maximum atomic E-state index is 12.2. The summed E-state index contributed by atoms with van der Waals surface area (Å²) < 4.78 is 52.4. The predicted octanol–water partition coefficient (Wildman–Crippen LogP) is 25.2. The number of fused-ring (bicyclic) bond motifs is 13. The van der Waals surface area contributed by atoms with Crippen molar-refractivity contribution in [1.82, 2.24) is 10.6 Å². The van der Waals surface area contributed by atoms with E-state index in [-0.39, 0.29) is 111 Å². The average molecular weight is 2050 g/mol. The molecule has 5 fully saturated rings. The summed E-state index contributed by atoms with van der Waals surface area (Å²) in [6.45, 7) is 13.8. The van der Waals surface area contributed by atoms with Crippen LogP contribution < -0.4 is 117 Å². The van der Waals surface area contributed by atoms with Crippen molar-refractivity contribution in [1.29, 1.82) is 0 Å². The van der Waals surface area contributed by atoms with E-state index in [1.807, 2.05) is 84.6 Å². The van der Waals surface area contributed by atoms with Gasteiger partial charge in [0.2, 0.25) is 11.8 Å². The third-order valence-electron chi connectivity index (χ3n) is 31.7. The first-order valence-electron chi connectivity index (χ1n) is 53.8. The van der Waals surface area contributed by atoms with Crippen LogP contribution in [-0.2, 0) is 9.59 Å². The van der Waals surface area contributed by atoms with Crippen molar-refractivity contribution in [2.24, 2.45) is 29.6 Å². The van der Waals surface area contributed by atoms with Crippen molar-refractivity contribution in [3.63, 3.8) is 0 Å². The van der Waals surface area contributed by atoms with Crippen molar-refractivity contribution in [3.8, 4) is 115 Å². The van der Waals surface area contributed by atoms with E-state index in [1.54, 1.807) is 82.0 Å². The fraction of sp³-hybridized carbons (Fsp3) is 0.417. The van der Waals surface area contributed by atoms with Crippen molar-refractivity contribution < 1.29 is 142 Å². The van der Waals surface area contributed by atoms with Crippen molar-refractivity contribution >= 4 is 23.6 Å². The molecule has 22 heteroatoms. The minimum atomic E-state index is 0. The molecule has 774 valence electrons. The van der Waals surface area contributed by atoms with E-state index in [0.29, 0.717) is 107 Å². The molecule has 0 radical (unpaired) electrons. The van der Waals surface area contributed by atoms with Gasteiger partial charge in [0, 0.05) is 164 Å². The van der Waals surface area contributed by atoms with E-state index >= 15 is 0 Å². The quantitative estimate of drug-likeness (QED) is 0.0186. The number of ether oxygens (including phenoxy) is 9. The first-order valence-corrected chi connectivity index (χ1v) is 54.9. The molecule has 7 atom stereocenters. The second kappa shape index (κ2) is 52.9. The number of nitrogens with one attached hydrogen (secondary N) is 2. The standard InChI is InChI=1S/C30H38N2O5S.C21H24O2.C21H26O2.C19H20O3.C18H17O2.C18H20O2.2Na.H2O/c33-20-10-12-23-22(24-13-11-21(34)17-26(24)37-25(23)16-20)7-3-1-2-6-14-31-28(35)9-5-4-8-27-30-19(18-38-27)15-29(36)32-30;1-14-8-10-17-19(12-14)23-20-13-16(22-2)9-11-18(20)21(17)15-6-4-3-5-7-15;1-4-5-6-7-8-17-18-11-9-15(2)13-20(18)23-21-14-16(22-3)10-12-19(17)21;20-13-6-8-15-17(10-13)22-18-11-14(21)7-9-16(18)19(15)12-4-2-1-3-5-12;19-13-9-10-15-17(11-13)20-16-8-4-3-7-14(16)18(15)12-5-1-2-6-12;1-11(2)18-14-7-5-12(3)9-16(14)20-17-10-13(19-4)6-8-15(17)18;;;/h10-13,16-17,19,22,27,30,33-34H,1-9,14-15,18H2,(H,31,35)(H,32,36);8-13,15,21H,3-7H2,1-2H3;9-14,17H,4-8H2,1-3H3;6-12,19-21H,1-5H2;3,7-12,18-19H,1-2,5-6H2;5-11,18H,1-4H3;;;1H2/q;;;;-1;;2*+1;/p-2. The number of hydrogen-bond donors (Lipinski definition) is 6. The number of carbonyl (C=O) groups is 2. The molecular weight excluding hydrogens is 1900 g/mol. The molecule has 8 aliphatic heterocycles. The Hall–Kier alpha value is -10.9. The molecule has 2 amide bonds. The Kier molecular flexibility index (Phi) is 39.8. The van der Waals surface area contributed by atoms with Gasteiger partial charge in [-0.15, -0.1) is 17.4 Å². The molecule has 2 saturated heterocycles. The second-order valence-corrected chi connectivity index (χ2v) is 43.4. The summed E-state index contributed by atoms with van der Waals surface area (Å²) in [6, 6.07) is 74.3. The second-order valence-electron chi connectivity index (χ2n) is 42.2. The zero-order valence-corrected chi connectivity index (χ0v) is 93.6. The fourth-order valence-corrected chi connectivity index (χ4v) is 26.1. The monoisotopic (exact) mass is 2050 g/mol. The number of phenolic OH excluding ortho intramolecular Hbond substituents is 4. The van der Waals surface area contributed by atoms with E-state index in [1.165, 1.54) is 183 Å². The van der Waals surface area contributed by atoms with Gasteiger partial charge in [0.25, 0.3) is 0 Å². The maximum Gasteiger partial charge on any atom is 1.00 e. The normalized spacial score (nSPS) is 18.8. The van der Waals surface area contributed by atoms with Crippen LogP contribution in [-0.4, -0.2) is 82.6 Å². The number of hydrogen-bond acceptors (Lipinski definition) is 18. The SMILES string of the molecule is CCCCCCC1c2ccc(C)cc2Oc2cc(OC)ccc21.COc1ccc2c(c1)Oc1cc(C)ccc1C2C(C)C.COc1ccc2c(c1)Oc1cc(C)ccc1C2C1CCCCC1.O=C(CCCCC1SCC2CC(=O)NC21)NCCCCCCC1c2ccc(O)cc2Oc2cc(O)ccc21.Oc1ccc2c(c1)Oc1cc(O)ccc1C2C1CCCCC1.[Na+].[Na+].[O-]c1ccc2c(c1)Oc1c[c-]ccc1C2C1CCCC1.[OH-]. The zero-order chi connectivity index (χ0) is 101. The van der Waals surface area contributed by atoms with Crippen LogP contribution in [0.25, 0.3) is 0 Å². The summed E-state index contributed by atoms with van der Waals surface area (Å²) in [7, 11) is 5.09. The van der Waals surface area contributed by atoms with Crippen molar-refractivity contribution in [2.75, 3.05) is 33.6 Å². The largest absolute Gasteiger partial charge is 1.00 e. The maximum absolute atomic E-state index is 12.2. The Labute approximate surface area is 929 Å². The van der Waals surface area contributed by atoms with E-state index in [9.17, 15) is 35.1 Å². The Morgan fingerprint density at radius 2 is 0.758 bits per heavy atom. The van der Waals surface area contributed by atoms with Gasteiger partial charge in [-0.1, -0.05) is 214 Å². The van der Waals surface area contributed by atoms with E-state index in [0.717, 1.165) is 149 Å².